The number of benzene rings is 1. The summed E-state index contributed by atoms with van der Waals surface area (Å²) in [7, 11) is 0. The summed E-state index contributed by atoms with van der Waals surface area (Å²) in [5.41, 5.74) is 7.69. The van der Waals surface area contributed by atoms with Crippen LogP contribution in [-0.2, 0) is 13.0 Å². The highest BCUT2D eigenvalue weighted by atomic mass is 19.4. The maximum atomic E-state index is 12.9. The molecule has 11 heteroatoms. The van der Waals surface area contributed by atoms with Gasteiger partial charge in [-0.3, -0.25) is 0 Å². The number of anilines is 2. The molecule has 2 aromatic rings. The molecule has 0 bridgehead atoms. The lowest BCUT2D eigenvalue weighted by Crippen LogP contribution is -2.33. The molecule has 0 radical (unpaired) electrons. The maximum absolute atomic E-state index is 12.9. The van der Waals surface area contributed by atoms with Crippen LogP contribution in [0.15, 0.2) is 18.2 Å². The van der Waals surface area contributed by atoms with Crippen molar-refractivity contribution in [2.75, 3.05) is 43.4 Å². The number of likely N-dealkylation sites (tertiary alicyclic amines) is 1. The van der Waals surface area contributed by atoms with E-state index in [0.717, 1.165) is 37.7 Å². The van der Waals surface area contributed by atoms with Crippen LogP contribution in [0.2, 0.25) is 0 Å². The zero-order valence-corrected chi connectivity index (χ0v) is 18.3. The second kappa shape index (κ2) is 9.90. The average Bonchev–Trinajstić information content (AvgIpc) is 2.76. The molecule has 0 atom stereocenters. The lowest BCUT2D eigenvalue weighted by molar-refractivity contribution is -0.274. The molecule has 2 aliphatic heterocycles. The molecule has 0 spiro atoms. The minimum atomic E-state index is -4.88. The third kappa shape index (κ3) is 6.10. The molecule has 0 unspecified atom stereocenters. The van der Waals surface area contributed by atoms with Crippen molar-refractivity contribution in [2.24, 2.45) is 0 Å². The van der Waals surface area contributed by atoms with Gasteiger partial charge in [0.1, 0.15) is 11.6 Å². The molecule has 0 aliphatic carbocycles. The first-order chi connectivity index (χ1) is 15.8. The van der Waals surface area contributed by atoms with Gasteiger partial charge in [0.2, 0.25) is 0 Å². The summed E-state index contributed by atoms with van der Waals surface area (Å²) >= 11 is 0. The maximum Gasteiger partial charge on any atom is 0.573 e. The van der Waals surface area contributed by atoms with Gasteiger partial charge in [-0.25, -0.2) is 0 Å². The number of nitrogen functional groups attached to an aromatic ring is 1. The number of alkyl halides is 3. The van der Waals surface area contributed by atoms with Gasteiger partial charge in [-0.1, -0.05) is 6.42 Å². The van der Waals surface area contributed by atoms with Crippen molar-refractivity contribution in [2.45, 2.75) is 45.0 Å². The zero-order chi connectivity index (χ0) is 23.4. The smallest absolute Gasteiger partial charge is 0.508 e. The second-order valence-electron chi connectivity index (χ2n) is 8.29. The fraction of sp³-hybridized carbons (Fsp3) is 0.545. The summed E-state index contributed by atoms with van der Waals surface area (Å²) in [5.74, 6) is -0.465. The van der Waals surface area contributed by atoms with Crippen molar-refractivity contribution < 1.29 is 27.8 Å². The monoisotopic (exact) mass is 467 g/mol. The highest BCUT2D eigenvalue weighted by Crippen LogP contribution is 2.38. The van der Waals surface area contributed by atoms with E-state index in [1.54, 1.807) is 4.90 Å². The third-order valence-corrected chi connectivity index (χ3v) is 5.88. The molecule has 1 saturated heterocycles. The van der Waals surface area contributed by atoms with Crippen LogP contribution < -0.4 is 20.1 Å². The van der Waals surface area contributed by atoms with Crippen LogP contribution in [0.4, 0.5) is 24.7 Å². The van der Waals surface area contributed by atoms with Gasteiger partial charge in [-0.2, -0.15) is 9.97 Å². The predicted octanol–water partition coefficient (Wildman–Crippen LogP) is 3.48. The highest BCUT2D eigenvalue weighted by molar-refractivity contribution is 5.62. The van der Waals surface area contributed by atoms with Gasteiger partial charge in [0.25, 0.3) is 0 Å². The molecule has 2 aliphatic rings. The minimum Gasteiger partial charge on any atom is -0.508 e. The average molecular weight is 467 g/mol. The van der Waals surface area contributed by atoms with Gasteiger partial charge >= 0.3 is 12.4 Å². The van der Waals surface area contributed by atoms with Gasteiger partial charge < -0.3 is 30.1 Å². The quantitative estimate of drug-likeness (QED) is 0.598. The number of piperidine rings is 1. The number of fused-ring (bicyclic) bond motifs is 1. The van der Waals surface area contributed by atoms with Crippen molar-refractivity contribution >= 4 is 11.5 Å². The molecule has 180 valence electrons. The van der Waals surface area contributed by atoms with Crippen LogP contribution >= 0.6 is 0 Å². The zero-order valence-electron chi connectivity index (χ0n) is 18.3. The summed E-state index contributed by atoms with van der Waals surface area (Å²) in [6.07, 6.45) is 0.191. The summed E-state index contributed by atoms with van der Waals surface area (Å²) in [4.78, 5) is 12.9. The summed E-state index contributed by atoms with van der Waals surface area (Å²) in [6.45, 7) is 4.27. The Hall–Kier alpha value is -2.95. The topological polar surface area (TPSA) is 97.0 Å². The third-order valence-electron chi connectivity index (χ3n) is 5.88. The Morgan fingerprint density at radius 2 is 1.88 bits per heavy atom. The molecule has 1 fully saturated rings. The van der Waals surface area contributed by atoms with E-state index in [0.29, 0.717) is 31.1 Å². The molecule has 1 aromatic carbocycles. The molecule has 3 N–H and O–H groups in total. The van der Waals surface area contributed by atoms with E-state index in [1.807, 2.05) is 0 Å². The number of halogens is 3. The Morgan fingerprint density at radius 1 is 1.09 bits per heavy atom. The van der Waals surface area contributed by atoms with E-state index in [4.69, 9.17) is 10.5 Å². The lowest BCUT2D eigenvalue weighted by Gasteiger charge is -2.31. The normalized spacial score (nSPS) is 17.0. The standard InChI is InChI=1S/C22H28F3N5O3/c23-22(24,25)33-19-13-15(31)5-6-18(19)30-11-7-16-17(14-30)27-21(28-20(16)26)32-12-4-10-29-8-2-1-3-9-29/h5-6,13,31H,1-4,7-12,14H2,(H2,26,27,28). The summed E-state index contributed by atoms with van der Waals surface area (Å²) < 4.78 is 48.4. The predicted molar refractivity (Wildman–Crippen MR) is 116 cm³/mol. The number of phenolic OH excluding ortho intramolecular Hbond substituents is 1. The first-order valence-electron chi connectivity index (χ1n) is 11.1. The number of ether oxygens (including phenoxy) is 2. The number of rotatable bonds is 7. The van der Waals surface area contributed by atoms with Crippen molar-refractivity contribution in [3.8, 4) is 17.5 Å². The van der Waals surface area contributed by atoms with Crippen molar-refractivity contribution in [3.63, 3.8) is 0 Å². The molecule has 0 saturated carbocycles. The van der Waals surface area contributed by atoms with E-state index < -0.39 is 12.1 Å². The Labute approximate surface area is 190 Å². The van der Waals surface area contributed by atoms with Crippen LogP contribution in [0, 0.1) is 0 Å². The Morgan fingerprint density at radius 3 is 2.64 bits per heavy atom. The van der Waals surface area contributed by atoms with E-state index in [2.05, 4.69) is 19.6 Å². The number of hydrogen-bond acceptors (Lipinski definition) is 8. The molecule has 3 heterocycles. The molecule has 1 aromatic heterocycles. The number of nitrogens with zero attached hydrogens (tertiary/aromatic N) is 4. The first-order valence-corrected chi connectivity index (χ1v) is 11.1. The Balaban J connectivity index is 1.43. The number of phenols is 1. The van der Waals surface area contributed by atoms with Crippen molar-refractivity contribution in [1.82, 2.24) is 14.9 Å². The van der Waals surface area contributed by atoms with Gasteiger partial charge in [-0.15, -0.1) is 13.2 Å². The fourth-order valence-corrected chi connectivity index (χ4v) is 4.31. The number of aromatic hydroxyl groups is 1. The SMILES string of the molecule is Nc1nc(OCCCN2CCCCC2)nc2c1CCN(c1ccc(O)cc1OC(F)(F)F)C2. The molecular weight excluding hydrogens is 439 g/mol. The molecular formula is C22H28F3N5O3. The van der Waals surface area contributed by atoms with Crippen LogP contribution in [-0.4, -0.2) is 59.1 Å². The fourth-order valence-electron chi connectivity index (χ4n) is 4.31. The Kier molecular flexibility index (Phi) is 6.96. The number of nitrogens with two attached hydrogens (primary N) is 1. The highest BCUT2D eigenvalue weighted by Gasteiger charge is 2.34. The molecule has 33 heavy (non-hydrogen) atoms. The Bertz CT molecular complexity index is 967. The van der Waals surface area contributed by atoms with E-state index >= 15 is 0 Å². The second-order valence-corrected chi connectivity index (χ2v) is 8.29. The number of aromatic nitrogens is 2. The van der Waals surface area contributed by atoms with E-state index in [-0.39, 0.29) is 24.0 Å². The molecule has 4 rings (SSSR count). The van der Waals surface area contributed by atoms with Crippen LogP contribution in [0.25, 0.3) is 0 Å². The number of hydrogen-bond donors (Lipinski definition) is 2. The summed E-state index contributed by atoms with van der Waals surface area (Å²) in [6, 6.07) is 3.83. The van der Waals surface area contributed by atoms with Crippen molar-refractivity contribution in [3.05, 3.63) is 29.5 Å². The van der Waals surface area contributed by atoms with Gasteiger partial charge in [-0.05, 0) is 50.9 Å². The van der Waals surface area contributed by atoms with E-state index in [9.17, 15) is 18.3 Å². The summed E-state index contributed by atoms with van der Waals surface area (Å²) in [5, 5.41) is 9.63. The van der Waals surface area contributed by atoms with Crippen LogP contribution in [0.5, 0.6) is 17.5 Å². The van der Waals surface area contributed by atoms with Gasteiger partial charge in [0.15, 0.2) is 5.75 Å². The largest absolute Gasteiger partial charge is 0.573 e. The lowest BCUT2D eigenvalue weighted by atomic mass is 10.0. The van der Waals surface area contributed by atoms with Crippen molar-refractivity contribution in [1.29, 1.82) is 0 Å². The molecule has 8 nitrogen and oxygen atoms in total. The van der Waals surface area contributed by atoms with Gasteiger partial charge in [0.05, 0.1) is 24.5 Å². The van der Waals surface area contributed by atoms with Crippen LogP contribution in [0.1, 0.15) is 36.9 Å². The van der Waals surface area contributed by atoms with Crippen LogP contribution in [0.3, 0.4) is 0 Å². The van der Waals surface area contributed by atoms with E-state index in [1.165, 1.54) is 31.4 Å². The molecule has 0 amide bonds. The first kappa shape index (κ1) is 23.2. The van der Waals surface area contributed by atoms with Gasteiger partial charge in [0, 0.05) is 24.7 Å². The minimum absolute atomic E-state index is 0.171.